The number of rotatable bonds is 3. The van der Waals surface area contributed by atoms with E-state index < -0.39 is 0 Å². The minimum atomic E-state index is 0.590. The quantitative estimate of drug-likeness (QED) is 0.767. The average molecular weight is 240 g/mol. The van der Waals surface area contributed by atoms with Crippen molar-refractivity contribution in [2.75, 3.05) is 5.75 Å². The number of aromatic nitrogens is 1. The van der Waals surface area contributed by atoms with Gasteiger partial charge in [0.1, 0.15) is 6.07 Å². The molecule has 0 saturated carbocycles. The topological polar surface area (TPSA) is 36.7 Å². The molecule has 0 amide bonds. The molecule has 0 radical (unpaired) electrons. The molecule has 1 heterocycles. The fraction of sp³-hybridized carbons (Fsp3) is 0.143. The van der Waals surface area contributed by atoms with Gasteiger partial charge in [-0.15, -0.1) is 11.8 Å². The second-order valence-corrected chi connectivity index (χ2v) is 4.84. The summed E-state index contributed by atoms with van der Waals surface area (Å²) in [5.41, 5.74) is 2.57. The highest BCUT2D eigenvalue weighted by molar-refractivity contribution is 7.99. The molecule has 0 fully saturated rings. The van der Waals surface area contributed by atoms with Crippen molar-refractivity contribution in [1.82, 2.24) is 4.98 Å². The minimum absolute atomic E-state index is 0.590. The summed E-state index contributed by atoms with van der Waals surface area (Å²) in [6.07, 6.45) is 1.60. The highest BCUT2D eigenvalue weighted by atomic mass is 32.2. The van der Waals surface area contributed by atoms with E-state index in [1.165, 1.54) is 4.90 Å². The summed E-state index contributed by atoms with van der Waals surface area (Å²) >= 11 is 1.82. The van der Waals surface area contributed by atoms with Crippen LogP contribution in [0.3, 0.4) is 0 Å². The van der Waals surface area contributed by atoms with Gasteiger partial charge in [0.25, 0.3) is 0 Å². The van der Waals surface area contributed by atoms with Gasteiger partial charge in [-0.1, -0.05) is 19.1 Å². The van der Waals surface area contributed by atoms with Gasteiger partial charge in [-0.2, -0.15) is 5.26 Å². The van der Waals surface area contributed by atoms with Crippen LogP contribution in [0, 0.1) is 11.3 Å². The molecule has 0 bridgehead atoms. The first-order valence-electron chi connectivity index (χ1n) is 5.43. The zero-order chi connectivity index (χ0) is 12.1. The van der Waals surface area contributed by atoms with E-state index in [1.54, 1.807) is 12.3 Å². The van der Waals surface area contributed by atoms with Gasteiger partial charge in [0.05, 0.1) is 11.3 Å². The molecule has 0 aliphatic carbocycles. The predicted octanol–water partition coefficient (Wildman–Crippen LogP) is 3.73. The van der Waals surface area contributed by atoms with Crippen LogP contribution in [0.15, 0.2) is 47.5 Å². The van der Waals surface area contributed by atoms with E-state index in [4.69, 9.17) is 5.26 Å². The Balaban J connectivity index is 2.24. The monoisotopic (exact) mass is 240 g/mol. The Labute approximate surface area is 105 Å². The Kier molecular flexibility index (Phi) is 3.79. The molecule has 0 aliphatic rings. The van der Waals surface area contributed by atoms with Gasteiger partial charge in [-0.25, -0.2) is 0 Å². The third-order valence-electron chi connectivity index (χ3n) is 2.35. The predicted molar refractivity (Wildman–Crippen MR) is 70.8 cm³/mol. The molecule has 0 atom stereocenters. The first kappa shape index (κ1) is 11.7. The summed E-state index contributed by atoms with van der Waals surface area (Å²) in [6, 6.07) is 14.1. The number of thioether (sulfide) groups is 1. The molecular weight excluding hydrogens is 228 g/mol. The second-order valence-electron chi connectivity index (χ2n) is 3.50. The molecule has 3 heteroatoms. The van der Waals surface area contributed by atoms with Crippen LogP contribution >= 0.6 is 11.8 Å². The Bertz CT molecular complexity index is 524. The first-order chi connectivity index (χ1) is 8.33. The Morgan fingerprint density at radius 3 is 2.47 bits per heavy atom. The second kappa shape index (κ2) is 5.51. The molecule has 1 aromatic heterocycles. The lowest BCUT2D eigenvalue weighted by Gasteiger charge is -2.02. The van der Waals surface area contributed by atoms with Crippen LogP contribution in [0.25, 0.3) is 11.3 Å². The molecule has 0 saturated heterocycles. The number of pyridine rings is 1. The van der Waals surface area contributed by atoms with Crippen LogP contribution in [0.4, 0.5) is 0 Å². The number of hydrogen-bond donors (Lipinski definition) is 0. The highest BCUT2D eigenvalue weighted by Gasteiger charge is 2.00. The van der Waals surface area contributed by atoms with Gasteiger partial charge < -0.3 is 0 Å². The van der Waals surface area contributed by atoms with Gasteiger partial charge in [0, 0.05) is 16.7 Å². The summed E-state index contributed by atoms with van der Waals surface area (Å²) in [5.74, 6) is 1.08. The summed E-state index contributed by atoms with van der Waals surface area (Å²) < 4.78 is 0. The van der Waals surface area contributed by atoms with E-state index >= 15 is 0 Å². The van der Waals surface area contributed by atoms with Crippen LogP contribution in [0.2, 0.25) is 0 Å². The summed E-state index contributed by atoms with van der Waals surface area (Å²) in [7, 11) is 0. The third kappa shape index (κ3) is 2.86. The maximum absolute atomic E-state index is 8.70. The maximum Gasteiger partial charge on any atom is 0.101 e. The minimum Gasteiger partial charge on any atom is -0.255 e. The molecule has 84 valence electrons. The van der Waals surface area contributed by atoms with Crippen LogP contribution in [0.1, 0.15) is 12.5 Å². The number of nitriles is 1. The van der Waals surface area contributed by atoms with Gasteiger partial charge in [-0.3, -0.25) is 4.98 Å². The van der Waals surface area contributed by atoms with Crippen molar-refractivity contribution in [2.24, 2.45) is 0 Å². The number of hydrogen-bond acceptors (Lipinski definition) is 3. The lowest BCUT2D eigenvalue weighted by Crippen LogP contribution is -1.84. The molecule has 17 heavy (non-hydrogen) atoms. The van der Waals surface area contributed by atoms with Gasteiger partial charge in [0.15, 0.2) is 0 Å². The van der Waals surface area contributed by atoms with Crippen molar-refractivity contribution in [3.63, 3.8) is 0 Å². The van der Waals surface area contributed by atoms with Gasteiger partial charge in [-0.05, 0) is 30.0 Å². The fourth-order valence-electron chi connectivity index (χ4n) is 1.52. The van der Waals surface area contributed by atoms with E-state index in [0.29, 0.717) is 5.56 Å². The fourth-order valence-corrected chi connectivity index (χ4v) is 2.18. The first-order valence-corrected chi connectivity index (χ1v) is 6.41. The number of benzene rings is 1. The Hall–Kier alpha value is -1.79. The van der Waals surface area contributed by atoms with Crippen LogP contribution < -0.4 is 0 Å². The molecule has 0 aliphatic heterocycles. The molecule has 0 unspecified atom stereocenters. The lowest BCUT2D eigenvalue weighted by atomic mass is 10.1. The lowest BCUT2D eigenvalue weighted by molar-refractivity contribution is 1.29. The van der Waals surface area contributed by atoms with Crippen LogP contribution in [-0.4, -0.2) is 10.7 Å². The summed E-state index contributed by atoms with van der Waals surface area (Å²) in [6.45, 7) is 2.14. The van der Waals surface area contributed by atoms with E-state index in [1.807, 2.05) is 17.8 Å². The SMILES string of the molecule is CCSc1ccc(-c2ccc(C#N)cn2)cc1. The van der Waals surface area contributed by atoms with Crippen molar-refractivity contribution in [2.45, 2.75) is 11.8 Å². The Morgan fingerprint density at radius 1 is 1.18 bits per heavy atom. The van der Waals surface area contributed by atoms with Crippen molar-refractivity contribution < 1.29 is 0 Å². The Morgan fingerprint density at radius 2 is 1.94 bits per heavy atom. The van der Waals surface area contributed by atoms with Crippen molar-refractivity contribution in [3.8, 4) is 17.3 Å². The van der Waals surface area contributed by atoms with Crippen molar-refractivity contribution in [1.29, 1.82) is 5.26 Å². The third-order valence-corrected chi connectivity index (χ3v) is 3.25. The smallest absolute Gasteiger partial charge is 0.101 e. The molecule has 2 aromatic rings. The molecule has 0 N–H and O–H groups in total. The molecule has 2 nitrogen and oxygen atoms in total. The molecular formula is C14H12N2S. The molecule has 0 spiro atoms. The number of nitrogens with zero attached hydrogens (tertiary/aromatic N) is 2. The van der Waals surface area contributed by atoms with Crippen LogP contribution in [0.5, 0.6) is 0 Å². The summed E-state index contributed by atoms with van der Waals surface area (Å²) in [4.78, 5) is 5.53. The van der Waals surface area contributed by atoms with E-state index in [0.717, 1.165) is 17.0 Å². The van der Waals surface area contributed by atoms with E-state index in [-0.39, 0.29) is 0 Å². The molecule has 2 rings (SSSR count). The van der Waals surface area contributed by atoms with E-state index in [9.17, 15) is 0 Å². The van der Waals surface area contributed by atoms with Gasteiger partial charge in [0.2, 0.25) is 0 Å². The largest absolute Gasteiger partial charge is 0.255 e. The van der Waals surface area contributed by atoms with Crippen molar-refractivity contribution >= 4 is 11.8 Å². The zero-order valence-corrected chi connectivity index (χ0v) is 10.4. The maximum atomic E-state index is 8.70. The van der Waals surface area contributed by atoms with Crippen molar-refractivity contribution in [3.05, 3.63) is 48.2 Å². The highest BCUT2D eigenvalue weighted by Crippen LogP contribution is 2.22. The molecule has 1 aromatic carbocycles. The van der Waals surface area contributed by atoms with Gasteiger partial charge >= 0.3 is 0 Å². The van der Waals surface area contributed by atoms with E-state index in [2.05, 4.69) is 42.2 Å². The summed E-state index contributed by atoms with van der Waals surface area (Å²) in [5, 5.41) is 8.70. The standard InChI is InChI=1S/C14H12N2S/c1-2-17-13-6-4-12(5-7-13)14-8-3-11(9-15)10-16-14/h3-8,10H,2H2,1H3. The van der Waals surface area contributed by atoms with Crippen LogP contribution in [-0.2, 0) is 0 Å². The normalized spacial score (nSPS) is 9.88. The average Bonchev–Trinajstić information content (AvgIpc) is 2.40. The zero-order valence-electron chi connectivity index (χ0n) is 9.55.